The number of aryl methyl sites for hydroxylation is 1. The first-order valence-electron chi connectivity index (χ1n) is 8.25. The van der Waals surface area contributed by atoms with Crippen molar-refractivity contribution in [1.82, 2.24) is 0 Å². The van der Waals surface area contributed by atoms with Crippen LogP contribution in [0.15, 0.2) is 59.5 Å². The monoisotopic (exact) mass is 330 g/mol. The summed E-state index contributed by atoms with van der Waals surface area (Å²) >= 11 is 0. The predicted octanol–water partition coefficient (Wildman–Crippen LogP) is 2.19. The van der Waals surface area contributed by atoms with Crippen molar-refractivity contribution in [2.45, 2.75) is 30.7 Å². The summed E-state index contributed by atoms with van der Waals surface area (Å²) in [7, 11) is -3.28. The molecule has 1 fully saturated rings. The first-order chi connectivity index (χ1) is 11.1. The molecule has 1 aliphatic rings. The van der Waals surface area contributed by atoms with Crippen molar-refractivity contribution in [1.29, 1.82) is 0 Å². The molecule has 2 aromatic carbocycles. The number of sulfone groups is 1. The average molecular weight is 330 g/mol. The molecule has 0 aliphatic carbocycles. The normalized spacial score (nSPS) is 17.3. The Morgan fingerprint density at radius 3 is 2.17 bits per heavy atom. The van der Waals surface area contributed by atoms with Crippen molar-refractivity contribution in [3.05, 3.63) is 65.7 Å². The van der Waals surface area contributed by atoms with Gasteiger partial charge < -0.3 is 4.90 Å². The number of quaternary nitrogens is 1. The van der Waals surface area contributed by atoms with Gasteiger partial charge in [0.1, 0.15) is 11.8 Å². The zero-order valence-corrected chi connectivity index (χ0v) is 14.4. The summed E-state index contributed by atoms with van der Waals surface area (Å²) in [5.41, 5.74) is 2.20. The van der Waals surface area contributed by atoms with Crippen LogP contribution in [0, 0.1) is 6.92 Å². The lowest BCUT2D eigenvalue weighted by molar-refractivity contribution is -0.917. The minimum absolute atomic E-state index is 0.0185. The number of likely N-dealkylation sites (tertiary alicyclic amines) is 1. The van der Waals surface area contributed by atoms with Crippen molar-refractivity contribution in [3.8, 4) is 0 Å². The smallest absolute Gasteiger partial charge is 0.184 e. The lowest BCUT2D eigenvalue weighted by atomic mass is 10.1. The van der Waals surface area contributed by atoms with Crippen molar-refractivity contribution in [2.75, 3.05) is 18.8 Å². The summed E-state index contributed by atoms with van der Waals surface area (Å²) in [5, 5.41) is 0. The molecule has 0 amide bonds. The van der Waals surface area contributed by atoms with Crippen LogP contribution in [0.3, 0.4) is 0 Å². The summed E-state index contributed by atoms with van der Waals surface area (Å²) in [4.78, 5) is 1.83. The van der Waals surface area contributed by atoms with Gasteiger partial charge in [-0.2, -0.15) is 0 Å². The largest absolute Gasteiger partial charge is 0.328 e. The van der Waals surface area contributed by atoms with Crippen molar-refractivity contribution in [2.24, 2.45) is 0 Å². The maximum Gasteiger partial charge on any atom is 0.184 e. The number of nitrogens with one attached hydrogen (secondary N) is 1. The topological polar surface area (TPSA) is 38.6 Å². The van der Waals surface area contributed by atoms with E-state index in [1.54, 1.807) is 12.1 Å². The molecule has 0 saturated carbocycles. The molecule has 0 bridgehead atoms. The van der Waals surface area contributed by atoms with Crippen LogP contribution in [0.5, 0.6) is 0 Å². The quantitative estimate of drug-likeness (QED) is 0.913. The Balaban J connectivity index is 1.90. The summed E-state index contributed by atoms with van der Waals surface area (Å²) in [6.45, 7) is 4.09. The minimum atomic E-state index is -3.28. The Morgan fingerprint density at radius 1 is 0.957 bits per heavy atom. The standard InChI is InChI=1S/C19H23NO2S/c1-16-9-11-18(12-10-16)23(21,22)15-19(20-13-5-6-14-20)17-7-3-2-4-8-17/h2-4,7-12,19H,5-6,13-15H2,1H3/p+1. The van der Waals surface area contributed by atoms with E-state index < -0.39 is 9.84 Å². The van der Waals surface area contributed by atoms with E-state index in [9.17, 15) is 8.42 Å². The second kappa shape index (κ2) is 6.85. The minimum Gasteiger partial charge on any atom is -0.328 e. The molecular formula is C19H24NO2S+. The molecule has 4 heteroatoms. The molecule has 1 saturated heterocycles. The number of hydrogen-bond acceptors (Lipinski definition) is 2. The highest BCUT2D eigenvalue weighted by molar-refractivity contribution is 7.91. The van der Waals surface area contributed by atoms with E-state index in [1.165, 1.54) is 17.7 Å². The van der Waals surface area contributed by atoms with Gasteiger partial charge in [0.2, 0.25) is 0 Å². The molecule has 1 atom stereocenters. The van der Waals surface area contributed by atoms with E-state index in [1.807, 2.05) is 37.3 Å². The molecule has 1 heterocycles. The third-order valence-corrected chi connectivity index (χ3v) is 6.47. The third-order valence-electron chi connectivity index (χ3n) is 4.71. The van der Waals surface area contributed by atoms with Gasteiger partial charge >= 0.3 is 0 Å². The van der Waals surface area contributed by atoms with Crippen LogP contribution in [0.2, 0.25) is 0 Å². The fourth-order valence-electron chi connectivity index (χ4n) is 3.37. The predicted molar refractivity (Wildman–Crippen MR) is 92.3 cm³/mol. The summed E-state index contributed by atoms with van der Waals surface area (Å²) in [6, 6.07) is 17.3. The van der Waals surface area contributed by atoms with E-state index in [0.717, 1.165) is 24.2 Å². The molecule has 1 aliphatic heterocycles. The maximum absolute atomic E-state index is 12.9. The van der Waals surface area contributed by atoms with Gasteiger partial charge in [-0.15, -0.1) is 0 Å². The molecule has 3 rings (SSSR count). The van der Waals surface area contributed by atoms with Crippen molar-refractivity contribution in [3.63, 3.8) is 0 Å². The number of benzene rings is 2. The lowest BCUT2D eigenvalue weighted by Crippen LogP contribution is -3.10. The van der Waals surface area contributed by atoms with Crippen LogP contribution in [0.25, 0.3) is 0 Å². The second-order valence-electron chi connectivity index (χ2n) is 6.42. The Kier molecular flexibility index (Phi) is 4.83. The van der Waals surface area contributed by atoms with Gasteiger partial charge in [0.15, 0.2) is 9.84 Å². The molecule has 2 aromatic rings. The first kappa shape index (κ1) is 16.2. The SMILES string of the molecule is Cc1ccc(S(=O)(=O)CC(c2ccccc2)[NH+]2CCCC2)cc1. The van der Waals surface area contributed by atoms with E-state index in [-0.39, 0.29) is 11.8 Å². The summed E-state index contributed by atoms with van der Waals surface area (Å²) in [6.07, 6.45) is 2.37. The molecule has 0 spiro atoms. The van der Waals surface area contributed by atoms with Gasteiger partial charge in [-0.1, -0.05) is 48.0 Å². The van der Waals surface area contributed by atoms with Gasteiger partial charge in [0.25, 0.3) is 0 Å². The molecule has 1 N–H and O–H groups in total. The van der Waals surface area contributed by atoms with Crippen LogP contribution in [-0.2, 0) is 9.84 Å². The van der Waals surface area contributed by atoms with Crippen molar-refractivity contribution < 1.29 is 13.3 Å². The van der Waals surface area contributed by atoms with E-state index in [2.05, 4.69) is 12.1 Å². The third kappa shape index (κ3) is 3.82. The first-order valence-corrected chi connectivity index (χ1v) is 9.90. The average Bonchev–Trinajstić information content (AvgIpc) is 3.08. The second-order valence-corrected chi connectivity index (χ2v) is 8.46. The van der Waals surface area contributed by atoms with Crippen LogP contribution in [0.4, 0.5) is 0 Å². The Labute approximate surface area is 138 Å². The summed E-state index contributed by atoms with van der Waals surface area (Å²) < 4.78 is 25.7. The van der Waals surface area contributed by atoms with Gasteiger partial charge in [0.05, 0.1) is 18.0 Å². The Morgan fingerprint density at radius 2 is 1.57 bits per heavy atom. The molecule has 0 radical (unpaired) electrons. The Bertz CT molecular complexity index is 733. The van der Waals surface area contributed by atoms with E-state index in [0.29, 0.717) is 4.90 Å². The highest BCUT2D eigenvalue weighted by Crippen LogP contribution is 2.19. The molecule has 3 nitrogen and oxygen atoms in total. The highest BCUT2D eigenvalue weighted by Gasteiger charge is 2.32. The molecule has 23 heavy (non-hydrogen) atoms. The zero-order chi connectivity index (χ0) is 16.3. The van der Waals surface area contributed by atoms with Gasteiger partial charge in [-0.25, -0.2) is 8.42 Å². The molecule has 1 unspecified atom stereocenters. The fraction of sp³-hybridized carbons (Fsp3) is 0.368. The van der Waals surface area contributed by atoms with Gasteiger partial charge in [0, 0.05) is 18.4 Å². The number of hydrogen-bond donors (Lipinski definition) is 1. The highest BCUT2D eigenvalue weighted by atomic mass is 32.2. The Hall–Kier alpha value is -1.65. The van der Waals surface area contributed by atoms with E-state index >= 15 is 0 Å². The molecular weight excluding hydrogens is 306 g/mol. The molecule has 122 valence electrons. The van der Waals surface area contributed by atoms with Gasteiger partial charge in [-0.05, 0) is 19.1 Å². The molecule has 0 aromatic heterocycles. The van der Waals surface area contributed by atoms with Crippen LogP contribution >= 0.6 is 0 Å². The summed E-state index contributed by atoms with van der Waals surface area (Å²) in [5.74, 6) is 0.176. The van der Waals surface area contributed by atoms with Crippen LogP contribution in [0.1, 0.15) is 30.0 Å². The number of rotatable bonds is 5. The van der Waals surface area contributed by atoms with Crippen LogP contribution in [-0.4, -0.2) is 27.3 Å². The maximum atomic E-state index is 12.9. The van der Waals surface area contributed by atoms with E-state index in [4.69, 9.17) is 0 Å². The van der Waals surface area contributed by atoms with Crippen molar-refractivity contribution >= 4 is 9.84 Å². The van der Waals surface area contributed by atoms with Gasteiger partial charge in [-0.3, -0.25) is 0 Å². The lowest BCUT2D eigenvalue weighted by Gasteiger charge is -2.25. The van der Waals surface area contributed by atoms with Crippen LogP contribution < -0.4 is 4.90 Å². The fourth-order valence-corrected chi connectivity index (χ4v) is 4.98. The zero-order valence-electron chi connectivity index (χ0n) is 13.5.